The normalized spacial score (nSPS) is 15.9. The molecule has 0 fully saturated rings. The summed E-state index contributed by atoms with van der Waals surface area (Å²) < 4.78 is 0. The number of hydrogen-bond acceptors (Lipinski definition) is 4. The molecule has 0 saturated carbocycles. The highest BCUT2D eigenvalue weighted by atomic mass is 16.3. The smallest absolute Gasteiger partial charge is 0.295 e. The van der Waals surface area contributed by atoms with Crippen molar-refractivity contribution in [2.45, 2.75) is 33.6 Å². The molecule has 1 aliphatic heterocycles. The summed E-state index contributed by atoms with van der Waals surface area (Å²) in [6.07, 6.45) is 1.75. The van der Waals surface area contributed by atoms with E-state index in [2.05, 4.69) is 4.99 Å². The Morgan fingerprint density at radius 2 is 1.73 bits per heavy atom. The second kappa shape index (κ2) is 6.67. The van der Waals surface area contributed by atoms with Gasteiger partial charge in [0.25, 0.3) is 5.91 Å². The molecular formula is C21H22N2O3. The monoisotopic (exact) mass is 350 g/mol. The molecule has 26 heavy (non-hydrogen) atoms. The van der Waals surface area contributed by atoms with E-state index in [1.807, 2.05) is 31.7 Å². The standard InChI is InChI=1S/C21H22N2O3/c1-12(2)17-11-18(13(3)9-20(17)25)23-14(4)22-21(26)19(23)10-15-5-7-16(24)8-6-15/h5-12,24-25H,1-4H3/b19-10-. The molecule has 0 bridgehead atoms. The highest BCUT2D eigenvalue weighted by Crippen LogP contribution is 2.36. The molecule has 0 saturated heterocycles. The van der Waals surface area contributed by atoms with E-state index in [0.717, 1.165) is 22.4 Å². The highest BCUT2D eigenvalue weighted by molar-refractivity contribution is 6.22. The lowest BCUT2D eigenvalue weighted by atomic mass is 9.98. The van der Waals surface area contributed by atoms with Gasteiger partial charge < -0.3 is 10.2 Å². The van der Waals surface area contributed by atoms with E-state index < -0.39 is 0 Å². The predicted molar refractivity (Wildman–Crippen MR) is 104 cm³/mol. The molecule has 2 aromatic carbocycles. The van der Waals surface area contributed by atoms with Crippen molar-refractivity contribution < 1.29 is 15.0 Å². The minimum absolute atomic E-state index is 0.148. The Hall–Kier alpha value is -3.08. The van der Waals surface area contributed by atoms with Gasteiger partial charge in [0.1, 0.15) is 23.0 Å². The van der Waals surface area contributed by atoms with Crippen molar-refractivity contribution in [2.75, 3.05) is 4.90 Å². The SMILES string of the molecule is CC1=NC(=O)/C(=C/c2ccc(O)cc2)N1c1cc(C(C)C)c(O)cc1C. The molecule has 2 N–H and O–H groups in total. The molecule has 5 nitrogen and oxygen atoms in total. The molecule has 5 heteroatoms. The summed E-state index contributed by atoms with van der Waals surface area (Å²) in [6.45, 7) is 7.71. The Kier molecular flexibility index (Phi) is 4.55. The molecule has 0 atom stereocenters. The number of phenolic OH excluding ortho intramolecular Hbond substituents is 2. The van der Waals surface area contributed by atoms with Crippen LogP contribution in [0.15, 0.2) is 47.1 Å². The Balaban J connectivity index is 2.12. The molecule has 0 radical (unpaired) electrons. The second-order valence-electron chi connectivity index (χ2n) is 6.77. The van der Waals surface area contributed by atoms with Crippen LogP contribution in [0.3, 0.4) is 0 Å². The fraction of sp³-hybridized carbons (Fsp3) is 0.238. The molecule has 1 amide bonds. The van der Waals surface area contributed by atoms with Crippen molar-refractivity contribution in [2.24, 2.45) is 4.99 Å². The number of aromatic hydroxyl groups is 2. The van der Waals surface area contributed by atoms with Crippen LogP contribution in [0.25, 0.3) is 6.08 Å². The van der Waals surface area contributed by atoms with Gasteiger partial charge in [-0.25, -0.2) is 0 Å². The van der Waals surface area contributed by atoms with E-state index in [1.165, 1.54) is 0 Å². The second-order valence-corrected chi connectivity index (χ2v) is 6.77. The molecule has 1 heterocycles. The van der Waals surface area contributed by atoms with Crippen molar-refractivity contribution in [3.8, 4) is 11.5 Å². The molecule has 0 unspecified atom stereocenters. The summed E-state index contributed by atoms with van der Waals surface area (Å²) in [4.78, 5) is 18.4. The average molecular weight is 350 g/mol. The fourth-order valence-electron chi connectivity index (χ4n) is 3.08. The molecule has 0 aromatic heterocycles. The van der Waals surface area contributed by atoms with Crippen LogP contribution in [0, 0.1) is 6.92 Å². The van der Waals surface area contributed by atoms with Crippen LogP contribution >= 0.6 is 0 Å². The summed E-state index contributed by atoms with van der Waals surface area (Å²) in [5.41, 5.74) is 3.73. The number of amides is 1. The molecule has 3 rings (SSSR count). The maximum absolute atomic E-state index is 12.4. The first kappa shape index (κ1) is 17.7. The lowest BCUT2D eigenvalue weighted by Gasteiger charge is -2.24. The first-order valence-electron chi connectivity index (χ1n) is 8.52. The topological polar surface area (TPSA) is 73.1 Å². The minimum atomic E-state index is -0.311. The number of carbonyl (C=O) groups excluding carboxylic acids is 1. The number of aliphatic imine (C=N–C) groups is 1. The van der Waals surface area contributed by atoms with Gasteiger partial charge >= 0.3 is 0 Å². The zero-order valence-electron chi connectivity index (χ0n) is 15.3. The molecule has 2 aromatic rings. The maximum atomic E-state index is 12.4. The van der Waals surface area contributed by atoms with Crippen LogP contribution in [-0.2, 0) is 4.79 Å². The summed E-state index contributed by atoms with van der Waals surface area (Å²) >= 11 is 0. The van der Waals surface area contributed by atoms with Gasteiger partial charge in [0.15, 0.2) is 0 Å². The first-order chi connectivity index (χ1) is 12.3. The first-order valence-corrected chi connectivity index (χ1v) is 8.52. The third-order valence-electron chi connectivity index (χ3n) is 4.45. The Morgan fingerprint density at radius 3 is 2.35 bits per heavy atom. The van der Waals surface area contributed by atoms with E-state index in [0.29, 0.717) is 11.5 Å². The zero-order valence-corrected chi connectivity index (χ0v) is 15.3. The summed E-state index contributed by atoms with van der Waals surface area (Å²) in [6, 6.07) is 10.3. The van der Waals surface area contributed by atoms with Gasteiger partial charge in [-0.1, -0.05) is 26.0 Å². The van der Waals surface area contributed by atoms with Gasteiger partial charge in [-0.3, -0.25) is 9.69 Å². The maximum Gasteiger partial charge on any atom is 0.295 e. The summed E-state index contributed by atoms with van der Waals surface area (Å²) in [7, 11) is 0. The Labute approximate surface area is 152 Å². The summed E-state index contributed by atoms with van der Waals surface area (Å²) in [5, 5.41) is 19.7. The number of aryl methyl sites for hydroxylation is 1. The van der Waals surface area contributed by atoms with Gasteiger partial charge in [0.2, 0.25) is 0 Å². The fourth-order valence-corrected chi connectivity index (χ4v) is 3.08. The van der Waals surface area contributed by atoms with Crippen molar-refractivity contribution >= 4 is 23.5 Å². The van der Waals surface area contributed by atoms with Crippen LogP contribution in [0.1, 0.15) is 43.4 Å². The lowest BCUT2D eigenvalue weighted by Crippen LogP contribution is -2.25. The lowest BCUT2D eigenvalue weighted by molar-refractivity contribution is -0.113. The van der Waals surface area contributed by atoms with Gasteiger partial charge in [0, 0.05) is 0 Å². The number of rotatable bonds is 3. The van der Waals surface area contributed by atoms with Crippen molar-refractivity contribution in [3.05, 3.63) is 58.8 Å². The molecular weight excluding hydrogens is 328 g/mol. The number of hydrogen-bond donors (Lipinski definition) is 2. The van der Waals surface area contributed by atoms with Crippen molar-refractivity contribution in [1.29, 1.82) is 0 Å². The Morgan fingerprint density at radius 1 is 1.08 bits per heavy atom. The number of benzene rings is 2. The number of amidine groups is 1. The van der Waals surface area contributed by atoms with E-state index in [4.69, 9.17) is 0 Å². The van der Waals surface area contributed by atoms with Gasteiger partial charge in [-0.15, -0.1) is 0 Å². The molecule has 0 spiro atoms. The van der Waals surface area contributed by atoms with E-state index >= 15 is 0 Å². The van der Waals surface area contributed by atoms with E-state index in [9.17, 15) is 15.0 Å². The van der Waals surface area contributed by atoms with Crippen molar-refractivity contribution in [1.82, 2.24) is 0 Å². The van der Waals surface area contributed by atoms with Crippen molar-refractivity contribution in [3.63, 3.8) is 0 Å². The largest absolute Gasteiger partial charge is 0.508 e. The van der Waals surface area contributed by atoms with Crippen LogP contribution in [0.2, 0.25) is 0 Å². The zero-order chi connectivity index (χ0) is 19.0. The molecule has 134 valence electrons. The number of carbonyl (C=O) groups is 1. The van der Waals surface area contributed by atoms with E-state index in [1.54, 1.807) is 43.3 Å². The van der Waals surface area contributed by atoms with Crippen LogP contribution in [0.5, 0.6) is 11.5 Å². The summed E-state index contributed by atoms with van der Waals surface area (Å²) in [5.74, 6) is 0.850. The van der Waals surface area contributed by atoms with Gasteiger partial charge in [0.05, 0.1) is 5.69 Å². The number of phenols is 2. The number of nitrogens with zero attached hydrogens (tertiary/aromatic N) is 2. The minimum Gasteiger partial charge on any atom is -0.508 e. The third kappa shape index (κ3) is 3.20. The third-order valence-corrected chi connectivity index (χ3v) is 4.45. The average Bonchev–Trinajstić information content (AvgIpc) is 2.83. The predicted octanol–water partition coefficient (Wildman–Crippen LogP) is 4.34. The quantitative estimate of drug-likeness (QED) is 0.808. The Bertz CT molecular complexity index is 925. The van der Waals surface area contributed by atoms with E-state index in [-0.39, 0.29) is 23.3 Å². The van der Waals surface area contributed by atoms with Gasteiger partial charge in [-0.2, -0.15) is 4.99 Å². The highest BCUT2D eigenvalue weighted by Gasteiger charge is 2.30. The number of anilines is 1. The van der Waals surface area contributed by atoms with Crippen LogP contribution < -0.4 is 4.90 Å². The van der Waals surface area contributed by atoms with Gasteiger partial charge in [-0.05, 0) is 66.8 Å². The molecule has 0 aliphatic carbocycles. The molecule has 1 aliphatic rings. The van der Waals surface area contributed by atoms with Crippen LogP contribution in [-0.4, -0.2) is 22.0 Å². The van der Waals surface area contributed by atoms with Crippen LogP contribution in [0.4, 0.5) is 5.69 Å².